The summed E-state index contributed by atoms with van der Waals surface area (Å²) in [6, 6.07) is 6.20. The van der Waals surface area contributed by atoms with Gasteiger partial charge in [-0.3, -0.25) is 4.90 Å². The molecule has 1 aliphatic rings. The standard InChI is InChI=1S/C16H26N2O2.2ClH/c1-3-5-14(18-10-8-17-9-11-18)13-6-7-15(19)16(12-13)20-4-2;;/h6-7,12,14,17,19H,3-5,8-11H2,1-2H3;2*1H/t14-;;/m1../s1. The second-order valence-electron chi connectivity index (χ2n) is 5.25. The molecule has 2 N–H and O–H groups in total. The number of benzene rings is 1. The summed E-state index contributed by atoms with van der Waals surface area (Å²) in [6.45, 7) is 8.99. The van der Waals surface area contributed by atoms with Gasteiger partial charge in [0.2, 0.25) is 0 Å². The predicted octanol–water partition coefficient (Wildman–Crippen LogP) is 3.38. The molecule has 0 spiro atoms. The van der Waals surface area contributed by atoms with Crippen LogP contribution < -0.4 is 10.1 Å². The highest BCUT2D eigenvalue weighted by Crippen LogP contribution is 2.33. The molecule has 0 aromatic heterocycles. The van der Waals surface area contributed by atoms with Gasteiger partial charge in [0.25, 0.3) is 0 Å². The Labute approximate surface area is 146 Å². The minimum Gasteiger partial charge on any atom is -0.504 e. The van der Waals surface area contributed by atoms with Crippen molar-refractivity contribution in [2.75, 3.05) is 32.8 Å². The van der Waals surface area contributed by atoms with Gasteiger partial charge in [0.1, 0.15) is 0 Å². The maximum absolute atomic E-state index is 9.84. The Balaban J connectivity index is 0.00000220. The fourth-order valence-electron chi connectivity index (χ4n) is 2.84. The summed E-state index contributed by atoms with van der Waals surface area (Å²) in [7, 11) is 0. The number of nitrogens with zero attached hydrogens (tertiary/aromatic N) is 1. The molecule has 0 amide bonds. The van der Waals surface area contributed by atoms with Crippen molar-refractivity contribution in [3.05, 3.63) is 23.8 Å². The molecular formula is C16H28Cl2N2O2. The number of rotatable bonds is 6. The quantitative estimate of drug-likeness (QED) is 0.825. The smallest absolute Gasteiger partial charge is 0.161 e. The van der Waals surface area contributed by atoms with Crippen molar-refractivity contribution < 1.29 is 9.84 Å². The van der Waals surface area contributed by atoms with Crippen LogP contribution in [0.15, 0.2) is 18.2 Å². The third kappa shape index (κ3) is 5.51. The van der Waals surface area contributed by atoms with Crippen molar-refractivity contribution in [2.24, 2.45) is 0 Å². The molecule has 1 aromatic rings. The van der Waals surface area contributed by atoms with E-state index in [4.69, 9.17) is 4.74 Å². The number of hydrogen-bond acceptors (Lipinski definition) is 4. The lowest BCUT2D eigenvalue weighted by atomic mass is 9.99. The topological polar surface area (TPSA) is 44.7 Å². The molecule has 1 fully saturated rings. The summed E-state index contributed by atoms with van der Waals surface area (Å²) in [5, 5.41) is 13.2. The SMILES string of the molecule is CCC[C@H](c1ccc(O)c(OCC)c1)N1CCNCC1.Cl.Cl. The van der Waals surface area contributed by atoms with Crippen molar-refractivity contribution in [1.82, 2.24) is 10.2 Å². The lowest BCUT2D eigenvalue weighted by Gasteiger charge is -2.35. The maximum Gasteiger partial charge on any atom is 0.161 e. The minimum absolute atomic E-state index is 0. The van der Waals surface area contributed by atoms with Gasteiger partial charge in [-0.25, -0.2) is 0 Å². The molecule has 6 heteroatoms. The van der Waals surface area contributed by atoms with E-state index in [-0.39, 0.29) is 30.6 Å². The van der Waals surface area contributed by atoms with Crippen LogP contribution in [-0.4, -0.2) is 42.8 Å². The Morgan fingerprint density at radius 1 is 1.23 bits per heavy atom. The molecule has 0 bridgehead atoms. The Hall–Kier alpha value is -0.680. The average molecular weight is 351 g/mol. The molecule has 1 aliphatic heterocycles. The molecule has 128 valence electrons. The van der Waals surface area contributed by atoms with Gasteiger partial charge in [-0.1, -0.05) is 19.4 Å². The van der Waals surface area contributed by atoms with Crippen LogP contribution in [-0.2, 0) is 0 Å². The van der Waals surface area contributed by atoms with Crippen molar-refractivity contribution in [1.29, 1.82) is 0 Å². The van der Waals surface area contributed by atoms with Crippen LogP contribution in [0.2, 0.25) is 0 Å². The molecule has 2 rings (SSSR count). The molecule has 1 saturated heterocycles. The first-order chi connectivity index (χ1) is 9.76. The van der Waals surface area contributed by atoms with Crippen LogP contribution in [0.1, 0.15) is 38.3 Å². The highest BCUT2D eigenvalue weighted by molar-refractivity contribution is 5.85. The lowest BCUT2D eigenvalue weighted by Crippen LogP contribution is -2.45. The first kappa shape index (κ1) is 21.3. The van der Waals surface area contributed by atoms with Crippen LogP contribution in [0, 0.1) is 0 Å². The van der Waals surface area contributed by atoms with Crippen LogP contribution in [0.5, 0.6) is 11.5 Å². The molecule has 0 unspecified atom stereocenters. The van der Waals surface area contributed by atoms with E-state index < -0.39 is 0 Å². The first-order valence-electron chi connectivity index (χ1n) is 7.66. The van der Waals surface area contributed by atoms with E-state index in [9.17, 15) is 5.11 Å². The molecule has 0 radical (unpaired) electrons. The third-order valence-electron chi connectivity index (χ3n) is 3.82. The number of phenolic OH excluding ortho intramolecular Hbond substituents is 1. The van der Waals surface area contributed by atoms with Crippen molar-refractivity contribution >= 4 is 24.8 Å². The fraction of sp³-hybridized carbons (Fsp3) is 0.625. The zero-order valence-electron chi connectivity index (χ0n) is 13.4. The van der Waals surface area contributed by atoms with Crippen LogP contribution in [0.4, 0.5) is 0 Å². The Morgan fingerprint density at radius 3 is 2.50 bits per heavy atom. The normalized spacial score (nSPS) is 16.3. The van der Waals surface area contributed by atoms with E-state index in [1.54, 1.807) is 6.07 Å². The maximum atomic E-state index is 9.84. The van der Waals surface area contributed by atoms with E-state index in [2.05, 4.69) is 17.1 Å². The zero-order chi connectivity index (χ0) is 14.4. The number of ether oxygens (including phenoxy) is 1. The van der Waals surface area contributed by atoms with Crippen molar-refractivity contribution in [3.63, 3.8) is 0 Å². The summed E-state index contributed by atoms with van der Waals surface area (Å²) in [4.78, 5) is 2.53. The Bertz CT molecular complexity index is 427. The largest absolute Gasteiger partial charge is 0.504 e. The molecule has 4 nitrogen and oxygen atoms in total. The minimum atomic E-state index is 0. The van der Waals surface area contributed by atoms with Crippen molar-refractivity contribution in [3.8, 4) is 11.5 Å². The van der Waals surface area contributed by atoms with Crippen molar-refractivity contribution in [2.45, 2.75) is 32.7 Å². The van der Waals surface area contributed by atoms with Crippen LogP contribution in [0.25, 0.3) is 0 Å². The molecular weight excluding hydrogens is 323 g/mol. The summed E-state index contributed by atoms with van der Waals surface area (Å²) >= 11 is 0. The fourth-order valence-corrected chi connectivity index (χ4v) is 2.84. The lowest BCUT2D eigenvalue weighted by molar-refractivity contribution is 0.164. The average Bonchev–Trinajstić information content (AvgIpc) is 2.48. The Morgan fingerprint density at radius 2 is 1.91 bits per heavy atom. The highest BCUT2D eigenvalue weighted by atomic mass is 35.5. The predicted molar refractivity (Wildman–Crippen MR) is 95.9 cm³/mol. The second-order valence-corrected chi connectivity index (χ2v) is 5.25. The van der Waals surface area contributed by atoms with Gasteiger partial charge in [-0.2, -0.15) is 0 Å². The van der Waals surface area contributed by atoms with Gasteiger partial charge in [0, 0.05) is 32.2 Å². The molecule has 0 saturated carbocycles. The van der Waals surface area contributed by atoms with Gasteiger partial charge >= 0.3 is 0 Å². The molecule has 1 aromatic carbocycles. The molecule has 1 atom stereocenters. The second kappa shape index (κ2) is 10.9. The summed E-state index contributed by atoms with van der Waals surface area (Å²) < 4.78 is 5.51. The number of piperazine rings is 1. The molecule has 1 heterocycles. The highest BCUT2D eigenvalue weighted by Gasteiger charge is 2.22. The number of aromatic hydroxyl groups is 1. The number of phenols is 1. The number of halogens is 2. The summed E-state index contributed by atoms with van der Waals surface area (Å²) in [5.41, 5.74) is 1.25. The number of hydrogen-bond donors (Lipinski definition) is 2. The van der Waals surface area contributed by atoms with Crippen LogP contribution >= 0.6 is 24.8 Å². The van der Waals surface area contributed by atoms with E-state index in [1.165, 1.54) is 5.56 Å². The Kier molecular flexibility index (Phi) is 10.6. The zero-order valence-corrected chi connectivity index (χ0v) is 15.0. The molecule has 22 heavy (non-hydrogen) atoms. The van der Waals surface area contributed by atoms with Gasteiger partial charge in [0.05, 0.1) is 6.61 Å². The van der Waals surface area contributed by atoms with E-state index in [1.807, 2.05) is 19.1 Å². The van der Waals surface area contributed by atoms with Gasteiger partial charge in [0.15, 0.2) is 11.5 Å². The van der Waals surface area contributed by atoms with Crippen LogP contribution in [0.3, 0.4) is 0 Å². The van der Waals surface area contributed by atoms with Gasteiger partial charge in [-0.05, 0) is 31.0 Å². The van der Waals surface area contributed by atoms with E-state index >= 15 is 0 Å². The monoisotopic (exact) mass is 350 g/mol. The summed E-state index contributed by atoms with van der Waals surface area (Å²) in [6.07, 6.45) is 2.29. The third-order valence-corrected chi connectivity index (χ3v) is 3.82. The van der Waals surface area contributed by atoms with Gasteiger partial charge in [-0.15, -0.1) is 24.8 Å². The summed E-state index contributed by atoms with van der Waals surface area (Å²) in [5.74, 6) is 0.826. The molecule has 0 aliphatic carbocycles. The van der Waals surface area contributed by atoms with Gasteiger partial charge < -0.3 is 15.2 Å². The first-order valence-corrected chi connectivity index (χ1v) is 7.66. The number of nitrogens with one attached hydrogen (secondary N) is 1. The van der Waals surface area contributed by atoms with E-state index in [0.717, 1.165) is 39.0 Å². The van der Waals surface area contributed by atoms with E-state index in [0.29, 0.717) is 18.4 Å².